The van der Waals surface area contributed by atoms with Crippen molar-refractivity contribution in [3.8, 4) is 11.5 Å². The van der Waals surface area contributed by atoms with Crippen LogP contribution in [0.15, 0.2) is 61.1 Å². The number of halogens is 1. The number of anilines is 3. The molecule has 43 heavy (non-hydrogen) atoms. The molecule has 6 rings (SSSR count). The number of piperidine rings is 1. The van der Waals surface area contributed by atoms with E-state index >= 15 is 0 Å². The normalized spacial score (nSPS) is 17.6. The molecule has 2 fully saturated rings. The summed E-state index contributed by atoms with van der Waals surface area (Å²) in [6.45, 7) is 3.87. The van der Waals surface area contributed by atoms with Crippen LogP contribution in [0.1, 0.15) is 31.4 Å². The third-order valence-electron chi connectivity index (χ3n) is 7.98. The quantitative estimate of drug-likeness (QED) is 0.219. The summed E-state index contributed by atoms with van der Waals surface area (Å²) in [7, 11) is 2.15. The summed E-state index contributed by atoms with van der Waals surface area (Å²) >= 11 is 6.56. The molecule has 0 spiro atoms. The minimum absolute atomic E-state index is 0.0691. The second-order valence-corrected chi connectivity index (χ2v) is 11.6. The molecule has 11 heteroatoms. The summed E-state index contributed by atoms with van der Waals surface area (Å²) < 4.78 is 12.2. The predicted octanol–water partition coefficient (Wildman–Crippen LogP) is 5.41. The Morgan fingerprint density at radius 2 is 1.93 bits per heavy atom. The van der Waals surface area contributed by atoms with E-state index in [2.05, 4.69) is 42.8 Å². The molecule has 0 unspecified atom stereocenters. The van der Waals surface area contributed by atoms with Crippen LogP contribution in [-0.2, 0) is 11.4 Å². The molecule has 3 N–H and O–H groups in total. The number of aromatic nitrogens is 3. The summed E-state index contributed by atoms with van der Waals surface area (Å²) in [6, 6.07) is 14.7. The number of carbonyl (C=O) groups is 1. The Morgan fingerprint density at radius 3 is 2.70 bits per heavy atom. The molecule has 2 aromatic carbocycles. The van der Waals surface area contributed by atoms with Crippen LogP contribution in [0.3, 0.4) is 0 Å². The third kappa shape index (κ3) is 7.33. The fourth-order valence-electron chi connectivity index (χ4n) is 5.43. The third-order valence-corrected chi connectivity index (χ3v) is 8.28. The molecule has 10 nitrogen and oxygen atoms in total. The van der Waals surface area contributed by atoms with Crippen molar-refractivity contribution >= 4 is 45.6 Å². The number of carbonyl (C=O) groups excluding carboxylic acids is 1. The van der Waals surface area contributed by atoms with Crippen LogP contribution in [0.25, 0.3) is 10.9 Å². The van der Waals surface area contributed by atoms with Gasteiger partial charge in [0.2, 0.25) is 5.91 Å². The number of pyridine rings is 1. The van der Waals surface area contributed by atoms with Gasteiger partial charge in [0, 0.05) is 23.3 Å². The lowest BCUT2D eigenvalue weighted by Crippen LogP contribution is -2.35. The Balaban J connectivity index is 1.23. The summed E-state index contributed by atoms with van der Waals surface area (Å²) in [6.07, 6.45) is 7.20. The zero-order valence-corrected chi connectivity index (χ0v) is 24.9. The molecule has 0 aliphatic carbocycles. The van der Waals surface area contributed by atoms with Crippen molar-refractivity contribution in [1.82, 2.24) is 25.2 Å². The topological polar surface area (TPSA) is 114 Å². The van der Waals surface area contributed by atoms with Crippen LogP contribution in [0.4, 0.5) is 17.2 Å². The smallest absolute Gasteiger partial charge is 0.241 e. The Kier molecular flexibility index (Phi) is 9.16. The zero-order chi connectivity index (χ0) is 29.6. The average Bonchev–Trinajstić information content (AvgIpc) is 3.57. The Morgan fingerprint density at radius 1 is 1.05 bits per heavy atom. The standard InChI is InChI=1S/C32H36ClN7O3/c1-40-13-9-21(10-14-40)18-42-30-17-27-24(16-28(30)39-32(41)26-6-4-12-35-26)31(37-20-36-27)38-22-7-8-29(25(33)15-22)43-19-23-5-2-3-11-34-23/h2-3,5,7-8,11,15-17,20-21,26,35H,4,6,9-10,12-14,18-19H2,1H3,(H,39,41)(H,36,37,38)/t26-/m0/s1. The van der Waals surface area contributed by atoms with Crippen LogP contribution in [-0.4, -0.2) is 65.1 Å². The minimum atomic E-state index is -0.220. The summed E-state index contributed by atoms with van der Waals surface area (Å²) in [5.74, 6) is 2.15. The molecular formula is C32H36ClN7O3. The van der Waals surface area contributed by atoms with Crippen molar-refractivity contribution in [2.24, 2.45) is 5.92 Å². The van der Waals surface area contributed by atoms with Crippen LogP contribution in [0, 0.1) is 5.92 Å². The number of amides is 1. The van der Waals surface area contributed by atoms with Crippen molar-refractivity contribution < 1.29 is 14.3 Å². The highest BCUT2D eigenvalue weighted by atomic mass is 35.5. The number of fused-ring (bicyclic) bond motifs is 1. The lowest BCUT2D eigenvalue weighted by molar-refractivity contribution is -0.117. The van der Waals surface area contributed by atoms with Crippen molar-refractivity contribution in [1.29, 1.82) is 0 Å². The van der Waals surface area contributed by atoms with Crippen molar-refractivity contribution in [2.75, 3.05) is 43.9 Å². The van der Waals surface area contributed by atoms with E-state index in [1.165, 1.54) is 6.33 Å². The van der Waals surface area contributed by atoms with Gasteiger partial charge < -0.3 is 30.3 Å². The number of nitrogens with one attached hydrogen (secondary N) is 3. The largest absolute Gasteiger partial charge is 0.491 e. The molecule has 2 aliphatic heterocycles. The lowest BCUT2D eigenvalue weighted by atomic mass is 9.98. The van der Waals surface area contributed by atoms with E-state index in [-0.39, 0.29) is 11.9 Å². The first-order valence-electron chi connectivity index (χ1n) is 14.8. The monoisotopic (exact) mass is 601 g/mol. The Hall–Kier alpha value is -3.99. The maximum Gasteiger partial charge on any atom is 0.241 e. The van der Waals surface area contributed by atoms with Gasteiger partial charge in [-0.3, -0.25) is 9.78 Å². The van der Waals surface area contributed by atoms with Crippen LogP contribution in [0.2, 0.25) is 5.02 Å². The number of nitrogens with zero attached hydrogens (tertiary/aromatic N) is 4. The predicted molar refractivity (Wildman–Crippen MR) is 168 cm³/mol. The molecule has 224 valence electrons. The van der Waals surface area contributed by atoms with Gasteiger partial charge in [0.05, 0.1) is 34.6 Å². The molecule has 4 heterocycles. The molecule has 0 bridgehead atoms. The van der Waals surface area contributed by atoms with E-state index in [4.69, 9.17) is 21.1 Å². The molecule has 4 aromatic rings. The van der Waals surface area contributed by atoms with Gasteiger partial charge in [-0.2, -0.15) is 0 Å². The fourth-order valence-corrected chi connectivity index (χ4v) is 5.67. The van der Waals surface area contributed by atoms with Gasteiger partial charge in [-0.15, -0.1) is 0 Å². The highest BCUT2D eigenvalue weighted by Gasteiger charge is 2.24. The van der Waals surface area contributed by atoms with Gasteiger partial charge in [0.15, 0.2) is 0 Å². The van der Waals surface area contributed by atoms with Gasteiger partial charge in [0.25, 0.3) is 0 Å². The number of hydrogen-bond acceptors (Lipinski definition) is 9. The summed E-state index contributed by atoms with van der Waals surface area (Å²) in [5.41, 5.74) is 2.86. The molecule has 1 atom stereocenters. The van der Waals surface area contributed by atoms with Gasteiger partial charge in [0.1, 0.15) is 30.3 Å². The van der Waals surface area contributed by atoms with E-state index in [0.717, 1.165) is 62.1 Å². The maximum absolute atomic E-state index is 13.1. The van der Waals surface area contributed by atoms with Crippen LogP contribution >= 0.6 is 11.6 Å². The molecule has 2 saturated heterocycles. The molecule has 0 radical (unpaired) electrons. The van der Waals surface area contributed by atoms with Crippen LogP contribution < -0.4 is 25.4 Å². The van der Waals surface area contributed by atoms with Gasteiger partial charge >= 0.3 is 0 Å². The molecule has 1 amide bonds. The molecule has 2 aliphatic rings. The Bertz CT molecular complexity index is 1560. The van der Waals surface area contributed by atoms with E-state index in [1.807, 2.05) is 42.5 Å². The number of rotatable bonds is 10. The van der Waals surface area contributed by atoms with E-state index in [9.17, 15) is 4.79 Å². The second kappa shape index (κ2) is 13.5. The van der Waals surface area contributed by atoms with E-state index in [1.54, 1.807) is 12.3 Å². The minimum Gasteiger partial charge on any atom is -0.491 e. The molecular weight excluding hydrogens is 566 g/mol. The number of likely N-dealkylation sites (tertiary alicyclic amines) is 1. The average molecular weight is 602 g/mol. The second-order valence-electron chi connectivity index (χ2n) is 11.2. The van der Waals surface area contributed by atoms with E-state index in [0.29, 0.717) is 52.7 Å². The lowest BCUT2D eigenvalue weighted by Gasteiger charge is -2.29. The first-order chi connectivity index (χ1) is 21.0. The number of ether oxygens (including phenoxy) is 2. The SMILES string of the molecule is CN1CCC(COc2cc3ncnc(Nc4ccc(OCc5ccccn5)c(Cl)c4)c3cc2NC(=O)[C@@H]2CCCN2)CC1. The number of benzene rings is 2. The number of hydrogen-bond donors (Lipinski definition) is 3. The summed E-state index contributed by atoms with van der Waals surface area (Å²) in [5, 5.41) is 10.9. The Labute approximate surface area is 256 Å². The van der Waals surface area contributed by atoms with Gasteiger partial charge in [-0.1, -0.05) is 17.7 Å². The van der Waals surface area contributed by atoms with Gasteiger partial charge in [-0.05, 0) is 94.7 Å². The van der Waals surface area contributed by atoms with Crippen molar-refractivity contribution in [2.45, 2.75) is 38.3 Å². The fraction of sp³-hybridized carbons (Fsp3) is 0.375. The molecule has 0 saturated carbocycles. The van der Waals surface area contributed by atoms with E-state index < -0.39 is 0 Å². The van der Waals surface area contributed by atoms with Gasteiger partial charge in [-0.25, -0.2) is 9.97 Å². The zero-order valence-electron chi connectivity index (χ0n) is 24.2. The van der Waals surface area contributed by atoms with Crippen molar-refractivity contribution in [3.63, 3.8) is 0 Å². The highest BCUT2D eigenvalue weighted by molar-refractivity contribution is 6.32. The molecule has 2 aromatic heterocycles. The first kappa shape index (κ1) is 29.1. The highest BCUT2D eigenvalue weighted by Crippen LogP contribution is 2.36. The van der Waals surface area contributed by atoms with Crippen molar-refractivity contribution in [3.05, 3.63) is 71.8 Å². The first-order valence-corrected chi connectivity index (χ1v) is 15.1. The maximum atomic E-state index is 13.1. The van der Waals surface area contributed by atoms with Crippen LogP contribution in [0.5, 0.6) is 11.5 Å². The summed E-state index contributed by atoms with van der Waals surface area (Å²) in [4.78, 5) is 28.8.